The molecule has 2 fully saturated rings. The number of imidazole rings is 1. The molecule has 25 heavy (non-hydrogen) atoms. The maximum atomic E-state index is 12.7. The van der Waals surface area contributed by atoms with Gasteiger partial charge >= 0.3 is 11.7 Å². The first-order valence-electron chi connectivity index (χ1n) is 9.05. The molecule has 3 heterocycles. The fraction of sp³-hybridized carbons (Fsp3) is 0.556. The molecule has 0 spiro atoms. The molecular formula is C18H25N5O2. The smallest absolute Gasteiger partial charge is 0.324 e. The van der Waals surface area contributed by atoms with E-state index in [1.54, 1.807) is 0 Å². The number of urea groups is 1. The molecule has 4 rings (SSSR count). The highest BCUT2D eigenvalue weighted by Gasteiger charge is 2.29. The van der Waals surface area contributed by atoms with Crippen LogP contribution < -0.4 is 5.69 Å². The van der Waals surface area contributed by atoms with E-state index in [2.05, 4.69) is 16.9 Å². The topological polar surface area (TPSA) is 64.6 Å². The Labute approximate surface area is 146 Å². The minimum Gasteiger partial charge on any atom is -0.324 e. The van der Waals surface area contributed by atoms with Gasteiger partial charge in [-0.15, -0.1) is 0 Å². The summed E-state index contributed by atoms with van der Waals surface area (Å²) in [6.07, 6.45) is 1.64. The van der Waals surface area contributed by atoms with Crippen molar-refractivity contribution in [1.82, 2.24) is 24.3 Å². The summed E-state index contributed by atoms with van der Waals surface area (Å²) in [7, 11) is 2.09. The zero-order valence-corrected chi connectivity index (χ0v) is 14.6. The van der Waals surface area contributed by atoms with E-state index in [0.717, 1.165) is 50.1 Å². The minimum absolute atomic E-state index is 0.0509. The number of para-hydroxylation sites is 2. The number of carbonyl (C=O) groups is 1. The zero-order valence-electron chi connectivity index (χ0n) is 14.6. The Morgan fingerprint density at radius 1 is 1.00 bits per heavy atom. The average Bonchev–Trinajstić information content (AvgIpc) is 2.97. The number of aromatic amines is 1. The van der Waals surface area contributed by atoms with Gasteiger partial charge in [0, 0.05) is 45.3 Å². The molecule has 1 aromatic carbocycles. The number of likely N-dealkylation sites (N-methyl/N-ethyl adjacent to an activating group) is 1. The van der Waals surface area contributed by atoms with E-state index < -0.39 is 0 Å². The van der Waals surface area contributed by atoms with Crippen molar-refractivity contribution in [2.45, 2.75) is 18.9 Å². The van der Waals surface area contributed by atoms with Gasteiger partial charge in [0.25, 0.3) is 0 Å². The van der Waals surface area contributed by atoms with Gasteiger partial charge in [-0.1, -0.05) is 12.1 Å². The monoisotopic (exact) mass is 343 g/mol. The number of piperazine rings is 1. The highest BCUT2D eigenvalue weighted by Crippen LogP contribution is 2.25. The van der Waals surface area contributed by atoms with Gasteiger partial charge in [-0.25, -0.2) is 9.59 Å². The molecule has 0 unspecified atom stereocenters. The summed E-state index contributed by atoms with van der Waals surface area (Å²) >= 11 is 0. The van der Waals surface area contributed by atoms with E-state index in [1.165, 1.54) is 0 Å². The lowest BCUT2D eigenvalue weighted by Gasteiger charge is -2.39. The number of aromatic nitrogens is 2. The van der Waals surface area contributed by atoms with Crippen LogP contribution in [0.2, 0.25) is 0 Å². The molecule has 2 aliphatic rings. The van der Waals surface area contributed by atoms with E-state index in [9.17, 15) is 9.59 Å². The Hall–Kier alpha value is -2.28. The lowest BCUT2D eigenvalue weighted by Crippen LogP contribution is -2.53. The number of amides is 2. The Morgan fingerprint density at radius 3 is 2.36 bits per heavy atom. The van der Waals surface area contributed by atoms with Gasteiger partial charge < -0.3 is 19.7 Å². The van der Waals surface area contributed by atoms with Crippen molar-refractivity contribution >= 4 is 17.1 Å². The quantitative estimate of drug-likeness (QED) is 0.850. The third kappa shape index (κ3) is 3.04. The van der Waals surface area contributed by atoms with E-state index in [4.69, 9.17) is 0 Å². The molecule has 0 saturated carbocycles. The lowest BCUT2D eigenvalue weighted by atomic mass is 10.0. The summed E-state index contributed by atoms with van der Waals surface area (Å²) in [5, 5.41) is 0. The molecule has 1 N–H and O–H groups in total. The number of carbonyl (C=O) groups excluding carboxylic acids is 1. The number of fused-ring (bicyclic) bond motifs is 1. The van der Waals surface area contributed by atoms with Crippen molar-refractivity contribution in [3.8, 4) is 0 Å². The number of nitrogens with one attached hydrogen (secondary N) is 1. The van der Waals surface area contributed by atoms with Gasteiger partial charge in [0.05, 0.1) is 11.0 Å². The Kier molecular flexibility index (Phi) is 4.25. The van der Waals surface area contributed by atoms with Gasteiger partial charge in [-0.2, -0.15) is 0 Å². The van der Waals surface area contributed by atoms with Crippen LogP contribution in [0.1, 0.15) is 18.9 Å². The molecule has 7 nitrogen and oxygen atoms in total. The molecule has 1 aromatic heterocycles. The second kappa shape index (κ2) is 6.55. The molecule has 0 bridgehead atoms. The maximum absolute atomic E-state index is 12.7. The first-order valence-corrected chi connectivity index (χ1v) is 9.05. The predicted molar refractivity (Wildman–Crippen MR) is 96.9 cm³/mol. The summed E-state index contributed by atoms with van der Waals surface area (Å²) in [5.41, 5.74) is 1.78. The molecule has 0 aliphatic carbocycles. The van der Waals surface area contributed by atoms with Crippen molar-refractivity contribution in [2.24, 2.45) is 0 Å². The predicted octanol–water partition coefficient (Wildman–Crippen LogP) is 1.33. The van der Waals surface area contributed by atoms with Crippen molar-refractivity contribution in [3.63, 3.8) is 0 Å². The average molecular weight is 343 g/mol. The van der Waals surface area contributed by atoms with Crippen LogP contribution in [0, 0.1) is 0 Å². The summed E-state index contributed by atoms with van der Waals surface area (Å²) in [6, 6.07) is 8.10. The van der Waals surface area contributed by atoms with Crippen molar-refractivity contribution in [1.29, 1.82) is 0 Å². The maximum Gasteiger partial charge on any atom is 0.326 e. The highest BCUT2D eigenvalue weighted by atomic mass is 16.2. The van der Waals surface area contributed by atoms with Gasteiger partial charge in [0.15, 0.2) is 0 Å². The minimum atomic E-state index is -0.0509. The second-order valence-corrected chi connectivity index (χ2v) is 7.11. The lowest BCUT2D eigenvalue weighted by molar-refractivity contribution is 0.109. The third-order valence-electron chi connectivity index (χ3n) is 5.50. The van der Waals surface area contributed by atoms with E-state index in [1.807, 2.05) is 38.6 Å². The fourth-order valence-electron chi connectivity index (χ4n) is 3.95. The third-order valence-corrected chi connectivity index (χ3v) is 5.50. The number of H-pyrrole nitrogens is 1. The number of likely N-dealkylation sites (tertiary alicyclic amines) is 1. The van der Waals surface area contributed by atoms with Crippen LogP contribution in [-0.4, -0.2) is 76.6 Å². The number of hydrogen-bond acceptors (Lipinski definition) is 3. The van der Waals surface area contributed by atoms with Crippen molar-refractivity contribution in [2.75, 3.05) is 46.3 Å². The molecule has 2 amide bonds. The summed E-state index contributed by atoms with van der Waals surface area (Å²) < 4.78 is 1.87. The molecular weight excluding hydrogens is 318 g/mol. The molecule has 134 valence electrons. The Morgan fingerprint density at radius 2 is 1.64 bits per heavy atom. The van der Waals surface area contributed by atoms with Gasteiger partial charge in [0.1, 0.15) is 0 Å². The van der Waals surface area contributed by atoms with Crippen LogP contribution in [0.3, 0.4) is 0 Å². The molecule has 0 radical (unpaired) electrons. The summed E-state index contributed by atoms with van der Waals surface area (Å²) in [6.45, 7) is 4.90. The second-order valence-electron chi connectivity index (χ2n) is 7.11. The van der Waals surface area contributed by atoms with Gasteiger partial charge in [-0.05, 0) is 32.0 Å². The Balaban J connectivity index is 1.43. The summed E-state index contributed by atoms with van der Waals surface area (Å²) in [5.74, 6) is 0. The van der Waals surface area contributed by atoms with Crippen LogP contribution >= 0.6 is 0 Å². The number of nitrogens with zero attached hydrogens (tertiary/aromatic N) is 4. The van der Waals surface area contributed by atoms with Crippen LogP contribution in [0.4, 0.5) is 4.79 Å². The standard InChI is InChI=1S/C18H25N5O2/c1-20-10-12-22(13-11-20)18(25)21-8-6-14(7-9-21)23-16-5-3-2-4-15(16)19-17(23)24/h2-5,14H,6-13H2,1H3,(H,19,24). The van der Waals surface area contributed by atoms with Crippen LogP contribution in [0.15, 0.2) is 29.1 Å². The van der Waals surface area contributed by atoms with Crippen LogP contribution in [0.5, 0.6) is 0 Å². The first-order chi connectivity index (χ1) is 12.1. The van der Waals surface area contributed by atoms with Gasteiger partial charge in [0.2, 0.25) is 0 Å². The summed E-state index contributed by atoms with van der Waals surface area (Å²) in [4.78, 5) is 34.1. The molecule has 2 aromatic rings. The van der Waals surface area contributed by atoms with Crippen molar-refractivity contribution < 1.29 is 4.79 Å². The van der Waals surface area contributed by atoms with E-state index in [-0.39, 0.29) is 17.8 Å². The van der Waals surface area contributed by atoms with Crippen LogP contribution in [-0.2, 0) is 0 Å². The number of hydrogen-bond donors (Lipinski definition) is 1. The molecule has 0 atom stereocenters. The zero-order chi connectivity index (χ0) is 17.4. The number of rotatable bonds is 1. The van der Waals surface area contributed by atoms with Crippen LogP contribution in [0.25, 0.3) is 11.0 Å². The molecule has 2 saturated heterocycles. The molecule has 7 heteroatoms. The largest absolute Gasteiger partial charge is 0.326 e. The van der Waals surface area contributed by atoms with Gasteiger partial charge in [-0.3, -0.25) is 4.57 Å². The Bertz CT molecular complexity index is 810. The first kappa shape index (κ1) is 16.2. The van der Waals surface area contributed by atoms with E-state index >= 15 is 0 Å². The molecule has 2 aliphatic heterocycles. The fourth-order valence-corrected chi connectivity index (χ4v) is 3.95. The number of piperidine rings is 1. The highest BCUT2D eigenvalue weighted by molar-refractivity contribution is 5.76. The SMILES string of the molecule is CN1CCN(C(=O)N2CCC(n3c(=O)[nH]c4ccccc43)CC2)CC1. The normalized spacial score (nSPS) is 20.4. The van der Waals surface area contributed by atoms with E-state index in [0.29, 0.717) is 13.1 Å². The van der Waals surface area contributed by atoms with Crippen molar-refractivity contribution in [3.05, 3.63) is 34.7 Å². The number of benzene rings is 1.